The minimum Gasteiger partial charge on any atom is -0.465 e. The average Bonchev–Trinajstić information content (AvgIpc) is 2.84. The number of halogens is 2. The molecule has 1 amide bonds. The summed E-state index contributed by atoms with van der Waals surface area (Å²) >= 11 is 5.71. The Labute approximate surface area is 131 Å². The molecule has 1 aromatic carbocycles. The molecule has 0 radical (unpaired) electrons. The smallest absolute Gasteiger partial charge is 0.405 e. The third kappa shape index (κ3) is 1.85. The Kier molecular flexibility index (Phi) is 2.64. The summed E-state index contributed by atoms with van der Waals surface area (Å²) in [6.45, 7) is 0. The lowest BCUT2D eigenvalue weighted by Gasteiger charge is -2.70. The van der Waals surface area contributed by atoms with E-state index in [0.717, 1.165) is 30.4 Å². The zero-order chi connectivity index (χ0) is 15.5. The van der Waals surface area contributed by atoms with Crippen LogP contribution in [0.4, 0.5) is 9.18 Å². The summed E-state index contributed by atoms with van der Waals surface area (Å²) in [6.07, 6.45) is 5.46. The first kappa shape index (κ1) is 13.6. The highest BCUT2D eigenvalue weighted by Crippen LogP contribution is 2.65. The number of benzene rings is 1. The van der Waals surface area contributed by atoms with Gasteiger partial charge in [-0.25, -0.2) is 9.18 Å². The van der Waals surface area contributed by atoms with Gasteiger partial charge in [-0.15, -0.1) is 0 Å². The van der Waals surface area contributed by atoms with Crippen molar-refractivity contribution < 1.29 is 14.3 Å². The second-order valence-corrected chi connectivity index (χ2v) is 6.81. The Balaban J connectivity index is 1.54. The van der Waals surface area contributed by atoms with E-state index < -0.39 is 11.9 Å². The van der Waals surface area contributed by atoms with Crippen molar-refractivity contribution in [3.63, 3.8) is 0 Å². The van der Waals surface area contributed by atoms with E-state index in [0.29, 0.717) is 0 Å². The van der Waals surface area contributed by atoms with Crippen molar-refractivity contribution in [3.05, 3.63) is 47.5 Å². The van der Waals surface area contributed by atoms with Crippen molar-refractivity contribution in [1.82, 2.24) is 9.88 Å². The van der Waals surface area contributed by atoms with Gasteiger partial charge in [-0.1, -0.05) is 17.7 Å². The van der Waals surface area contributed by atoms with E-state index >= 15 is 0 Å². The van der Waals surface area contributed by atoms with Gasteiger partial charge in [-0.3, -0.25) is 0 Å². The molecule has 0 unspecified atom stereocenters. The molecule has 3 fully saturated rings. The molecule has 2 aromatic rings. The maximum absolute atomic E-state index is 13.6. The monoisotopic (exact) mass is 320 g/mol. The minimum atomic E-state index is -0.960. The Morgan fingerprint density at radius 3 is 2.64 bits per heavy atom. The third-order valence-electron chi connectivity index (χ3n) is 4.87. The van der Waals surface area contributed by atoms with Gasteiger partial charge in [-0.2, -0.15) is 0 Å². The SMILES string of the molecule is O=C(O)NC12CC(n3ccc(-c4ccc(Cl)c(F)c4)c3)(C1)C2. The zero-order valence-corrected chi connectivity index (χ0v) is 12.4. The molecule has 2 bridgehead atoms. The summed E-state index contributed by atoms with van der Waals surface area (Å²) in [5.41, 5.74) is 1.50. The van der Waals surface area contributed by atoms with Crippen molar-refractivity contribution in [1.29, 1.82) is 0 Å². The number of aromatic nitrogens is 1. The molecule has 0 saturated heterocycles. The molecular weight excluding hydrogens is 307 g/mol. The summed E-state index contributed by atoms with van der Waals surface area (Å²) in [5.74, 6) is -0.429. The van der Waals surface area contributed by atoms with Crippen molar-refractivity contribution >= 4 is 17.7 Å². The molecule has 1 aromatic heterocycles. The summed E-state index contributed by atoms with van der Waals surface area (Å²) in [7, 11) is 0. The van der Waals surface area contributed by atoms with E-state index in [4.69, 9.17) is 16.7 Å². The highest BCUT2D eigenvalue weighted by molar-refractivity contribution is 6.30. The number of hydrogen-bond donors (Lipinski definition) is 2. The Morgan fingerprint density at radius 2 is 2.00 bits per heavy atom. The molecule has 0 spiro atoms. The van der Waals surface area contributed by atoms with Crippen LogP contribution in [0.15, 0.2) is 36.7 Å². The Hall–Kier alpha value is -2.01. The van der Waals surface area contributed by atoms with E-state index in [1.807, 2.05) is 18.5 Å². The lowest BCUT2D eigenvalue weighted by molar-refractivity contribution is -0.132. The first-order chi connectivity index (χ1) is 10.4. The summed E-state index contributed by atoms with van der Waals surface area (Å²) in [4.78, 5) is 10.8. The predicted molar refractivity (Wildman–Crippen MR) is 80.6 cm³/mol. The third-order valence-corrected chi connectivity index (χ3v) is 5.17. The van der Waals surface area contributed by atoms with Crippen LogP contribution in [0.5, 0.6) is 0 Å². The standard InChI is InChI=1S/C16H14ClFN2O2/c17-12-2-1-10(5-13(12)18)11-3-4-20(6-11)16-7-15(8-16,9-16)19-14(21)22/h1-6,19H,7-9H2,(H,21,22). The molecule has 6 heteroatoms. The summed E-state index contributed by atoms with van der Waals surface area (Å²) in [5, 5.41) is 11.6. The largest absolute Gasteiger partial charge is 0.465 e. The zero-order valence-electron chi connectivity index (χ0n) is 11.6. The molecule has 0 aliphatic heterocycles. The summed E-state index contributed by atoms with van der Waals surface area (Å²) < 4.78 is 15.7. The van der Waals surface area contributed by atoms with Crippen LogP contribution in [0.3, 0.4) is 0 Å². The van der Waals surface area contributed by atoms with Gasteiger partial charge in [0.25, 0.3) is 0 Å². The van der Waals surface area contributed by atoms with Gasteiger partial charge in [0.1, 0.15) is 5.82 Å². The maximum Gasteiger partial charge on any atom is 0.405 e. The molecule has 1 heterocycles. The number of carboxylic acid groups (broad SMARTS) is 1. The van der Waals surface area contributed by atoms with Gasteiger partial charge in [0, 0.05) is 12.4 Å². The molecule has 22 heavy (non-hydrogen) atoms. The van der Waals surface area contributed by atoms with Gasteiger partial charge >= 0.3 is 6.09 Å². The fraction of sp³-hybridized carbons (Fsp3) is 0.312. The second-order valence-electron chi connectivity index (χ2n) is 6.40. The number of carbonyl (C=O) groups is 1. The number of nitrogens with zero attached hydrogens (tertiary/aromatic N) is 1. The van der Waals surface area contributed by atoms with Crippen LogP contribution < -0.4 is 5.32 Å². The van der Waals surface area contributed by atoms with Crippen LogP contribution in [0, 0.1) is 5.82 Å². The van der Waals surface area contributed by atoms with Gasteiger partial charge in [0.05, 0.1) is 16.1 Å². The molecule has 3 aliphatic rings. The van der Waals surface area contributed by atoms with Crippen LogP contribution in [-0.2, 0) is 5.54 Å². The van der Waals surface area contributed by atoms with Crippen LogP contribution in [0.2, 0.25) is 5.02 Å². The predicted octanol–water partition coefficient (Wildman–Crippen LogP) is 3.85. The fourth-order valence-corrected chi connectivity index (χ4v) is 4.02. The van der Waals surface area contributed by atoms with E-state index in [-0.39, 0.29) is 16.1 Å². The number of nitrogens with one attached hydrogen (secondary N) is 1. The molecule has 114 valence electrons. The van der Waals surface area contributed by atoms with E-state index in [9.17, 15) is 9.18 Å². The fourth-order valence-electron chi connectivity index (χ4n) is 3.91. The van der Waals surface area contributed by atoms with Crippen molar-refractivity contribution in [2.45, 2.75) is 30.3 Å². The van der Waals surface area contributed by atoms with Crippen molar-refractivity contribution in [2.24, 2.45) is 0 Å². The number of amides is 1. The van der Waals surface area contributed by atoms with Gasteiger partial charge in [0.2, 0.25) is 0 Å². The molecule has 5 rings (SSSR count). The Morgan fingerprint density at radius 1 is 1.27 bits per heavy atom. The van der Waals surface area contributed by atoms with Gasteiger partial charge in [-0.05, 0) is 48.6 Å². The minimum absolute atomic E-state index is 0.0195. The van der Waals surface area contributed by atoms with Crippen molar-refractivity contribution in [3.8, 4) is 11.1 Å². The van der Waals surface area contributed by atoms with Gasteiger partial charge in [0.15, 0.2) is 0 Å². The molecular formula is C16H14ClFN2O2. The number of rotatable bonds is 3. The van der Waals surface area contributed by atoms with Gasteiger partial charge < -0.3 is 15.0 Å². The average molecular weight is 321 g/mol. The first-order valence-electron chi connectivity index (χ1n) is 7.07. The Bertz CT molecular complexity index is 766. The molecule has 3 aliphatic carbocycles. The van der Waals surface area contributed by atoms with Crippen molar-refractivity contribution in [2.75, 3.05) is 0 Å². The van der Waals surface area contributed by atoms with E-state index in [1.165, 1.54) is 6.07 Å². The van der Waals surface area contributed by atoms with Crippen LogP contribution in [0.1, 0.15) is 19.3 Å². The molecule has 2 N–H and O–H groups in total. The summed E-state index contributed by atoms with van der Waals surface area (Å²) in [6, 6.07) is 6.72. The molecule has 0 atom stereocenters. The number of hydrogen-bond acceptors (Lipinski definition) is 1. The quantitative estimate of drug-likeness (QED) is 0.902. The van der Waals surface area contributed by atoms with E-state index in [1.54, 1.807) is 12.1 Å². The maximum atomic E-state index is 13.6. The highest BCUT2D eigenvalue weighted by Gasteiger charge is 2.69. The van der Waals surface area contributed by atoms with Crippen LogP contribution in [0.25, 0.3) is 11.1 Å². The lowest BCUT2D eigenvalue weighted by atomic mass is 9.44. The lowest BCUT2D eigenvalue weighted by Crippen LogP contribution is -2.78. The first-order valence-corrected chi connectivity index (χ1v) is 7.44. The van der Waals surface area contributed by atoms with Crippen LogP contribution >= 0.6 is 11.6 Å². The molecule has 3 saturated carbocycles. The normalized spacial score (nSPS) is 28.6. The van der Waals surface area contributed by atoms with E-state index in [2.05, 4.69) is 9.88 Å². The topological polar surface area (TPSA) is 54.3 Å². The van der Waals surface area contributed by atoms with Crippen LogP contribution in [-0.4, -0.2) is 21.3 Å². The molecule has 4 nitrogen and oxygen atoms in total. The highest BCUT2D eigenvalue weighted by atomic mass is 35.5. The second kappa shape index (κ2) is 4.26.